The van der Waals surface area contributed by atoms with Crippen molar-refractivity contribution in [2.75, 3.05) is 18.5 Å². The van der Waals surface area contributed by atoms with Gasteiger partial charge in [-0.2, -0.15) is 0 Å². The molecular weight excluding hydrogens is 326 g/mol. The first kappa shape index (κ1) is 17.4. The van der Waals surface area contributed by atoms with Gasteiger partial charge < -0.3 is 15.1 Å². The van der Waals surface area contributed by atoms with Crippen molar-refractivity contribution in [1.82, 2.24) is 10.2 Å². The zero-order valence-electron chi connectivity index (χ0n) is 15.7. The van der Waals surface area contributed by atoms with E-state index in [1.54, 1.807) is 6.07 Å². The van der Waals surface area contributed by atoms with Crippen molar-refractivity contribution in [2.45, 2.75) is 70.0 Å². The standard InChI is InChI=1S/C21H29N3O2/c1-23-18-14-15(20(25)22-16-8-4-2-3-5-9-16)11-12-17(18)21(26)24-13-7-6-10-19(23)24/h11-12,14,16,19H,2-10,13H2,1H3,(H,22,25). The van der Waals surface area contributed by atoms with Gasteiger partial charge in [0.25, 0.3) is 11.8 Å². The van der Waals surface area contributed by atoms with E-state index in [4.69, 9.17) is 0 Å². The van der Waals surface area contributed by atoms with Crippen LogP contribution in [0.3, 0.4) is 0 Å². The highest BCUT2D eigenvalue weighted by Crippen LogP contribution is 2.34. The first-order valence-corrected chi connectivity index (χ1v) is 10.1. The van der Waals surface area contributed by atoms with Crippen LogP contribution >= 0.6 is 0 Å². The number of carbonyl (C=O) groups is 2. The molecule has 1 unspecified atom stereocenters. The molecule has 1 aromatic rings. The lowest BCUT2D eigenvalue weighted by Gasteiger charge is -2.46. The molecule has 0 bridgehead atoms. The molecule has 1 aromatic carbocycles. The van der Waals surface area contributed by atoms with Crippen LogP contribution in [-0.2, 0) is 0 Å². The highest BCUT2D eigenvalue weighted by atomic mass is 16.2. The molecule has 4 rings (SSSR count). The number of rotatable bonds is 2. The largest absolute Gasteiger partial charge is 0.354 e. The van der Waals surface area contributed by atoms with Gasteiger partial charge in [-0.25, -0.2) is 0 Å². The fourth-order valence-corrected chi connectivity index (χ4v) is 4.71. The second-order valence-corrected chi connectivity index (χ2v) is 7.98. The number of piperidine rings is 1. The van der Waals surface area contributed by atoms with Crippen molar-refractivity contribution >= 4 is 17.5 Å². The summed E-state index contributed by atoms with van der Waals surface area (Å²) in [6.07, 6.45) is 10.4. The lowest BCUT2D eigenvalue weighted by Crippen LogP contribution is -2.55. The number of fused-ring (bicyclic) bond motifs is 2. The number of hydrogen-bond acceptors (Lipinski definition) is 3. The summed E-state index contributed by atoms with van der Waals surface area (Å²) in [7, 11) is 2.04. The summed E-state index contributed by atoms with van der Waals surface area (Å²) in [5.41, 5.74) is 2.28. The molecule has 1 atom stereocenters. The minimum Gasteiger partial charge on any atom is -0.354 e. The summed E-state index contributed by atoms with van der Waals surface area (Å²) in [6, 6.07) is 5.84. The molecule has 1 N–H and O–H groups in total. The Labute approximate surface area is 155 Å². The Morgan fingerprint density at radius 2 is 1.77 bits per heavy atom. The Bertz CT molecular complexity index is 694. The minimum atomic E-state index is -0.00776. The number of benzene rings is 1. The monoisotopic (exact) mass is 355 g/mol. The molecule has 0 aromatic heterocycles. The van der Waals surface area contributed by atoms with Crippen LogP contribution in [0.2, 0.25) is 0 Å². The molecular formula is C21H29N3O2. The summed E-state index contributed by atoms with van der Waals surface area (Å²) in [5, 5.41) is 3.21. The van der Waals surface area contributed by atoms with E-state index in [1.807, 2.05) is 24.1 Å². The van der Waals surface area contributed by atoms with E-state index in [2.05, 4.69) is 10.2 Å². The van der Waals surface area contributed by atoms with Crippen molar-refractivity contribution in [2.24, 2.45) is 0 Å². The van der Waals surface area contributed by atoms with E-state index >= 15 is 0 Å². The Morgan fingerprint density at radius 1 is 1.04 bits per heavy atom. The van der Waals surface area contributed by atoms with E-state index in [0.717, 1.165) is 49.9 Å². The molecule has 26 heavy (non-hydrogen) atoms. The van der Waals surface area contributed by atoms with E-state index in [-0.39, 0.29) is 24.0 Å². The molecule has 2 heterocycles. The van der Waals surface area contributed by atoms with Gasteiger partial charge in [0, 0.05) is 25.2 Å². The summed E-state index contributed by atoms with van der Waals surface area (Å²) in [5.74, 6) is 0.102. The first-order valence-electron chi connectivity index (χ1n) is 10.1. The zero-order valence-corrected chi connectivity index (χ0v) is 15.7. The molecule has 0 spiro atoms. The lowest BCUT2D eigenvalue weighted by molar-refractivity contribution is 0.0589. The molecule has 0 radical (unpaired) electrons. The number of nitrogens with one attached hydrogen (secondary N) is 1. The normalized spacial score (nSPS) is 23.9. The van der Waals surface area contributed by atoms with Crippen LogP contribution in [0.5, 0.6) is 0 Å². The van der Waals surface area contributed by atoms with Crippen LogP contribution in [0.25, 0.3) is 0 Å². The van der Waals surface area contributed by atoms with Crippen molar-refractivity contribution < 1.29 is 9.59 Å². The molecule has 2 amide bonds. The third-order valence-electron chi connectivity index (χ3n) is 6.24. The van der Waals surface area contributed by atoms with Crippen LogP contribution in [0, 0.1) is 0 Å². The second-order valence-electron chi connectivity index (χ2n) is 7.98. The van der Waals surface area contributed by atoms with Crippen molar-refractivity contribution in [3.05, 3.63) is 29.3 Å². The maximum absolute atomic E-state index is 12.8. The van der Waals surface area contributed by atoms with Crippen LogP contribution in [0.4, 0.5) is 5.69 Å². The van der Waals surface area contributed by atoms with Gasteiger partial charge in [-0.15, -0.1) is 0 Å². The maximum atomic E-state index is 12.8. The Hall–Kier alpha value is -2.04. The van der Waals surface area contributed by atoms with Gasteiger partial charge in [-0.05, 0) is 50.3 Å². The minimum absolute atomic E-state index is 0.00776. The topological polar surface area (TPSA) is 52.7 Å². The molecule has 2 fully saturated rings. The number of nitrogens with zero attached hydrogens (tertiary/aromatic N) is 2. The quantitative estimate of drug-likeness (QED) is 0.826. The summed E-state index contributed by atoms with van der Waals surface area (Å²) < 4.78 is 0. The van der Waals surface area contributed by atoms with Crippen LogP contribution in [0.1, 0.15) is 78.5 Å². The Morgan fingerprint density at radius 3 is 2.54 bits per heavy atom. The van der Waals surface area contributed by atoms with Crippen molar-refractivity contribution in [1.29, 1.82) is 0 Å². The van der Waals surface area contributed by atoms with Gasteiger partial charge in [0.15, 0.2) is 0 Å². The molecule has 1 saturated carbocycles. The van der Waals surface area contributed by atoms with E-state index in [9.17, 15) is 9.59 Å². The van der Waals surface area contributed by atoms with Gasteiger partial charge >= 0.3 is 0 Å². The van der Waals surface area contributed by atoms with Gasteiger partial charge in [0.05, 0.1) is 11.3 Å². The molecule has 1 aliphatic carbocycles. The van der Waals surface area contributed by atoms with E-state index in [1.165, 1.54) is 25.7 Å². The van der Waals surface area contributed by atoms with Crippen LogP contribution in [0.15, 0.2) is 18.2 Å². The van der Waals surface area contributed by atoms with Crippen LogP contribution < -0.4 is 10.2 Å². The Balaban J connectivity index is 1.55. The predicted molar refractivity (Wildman–Crippen MR) is 102 cm³/mol. The third-order valence-corrected chi connectivity index (χ3v) is 6.24. The van der Waals surface area contributed by atoms with Gasteiger partial charge in [-0.1, -0.05) is 25.7 Å². The van der Waals surface area contributed by atoms with Crippen molar-refractivity contribution in [3.63, 3.8) is 0 Å². The molecule has 3 aliphatic rings. The van der Waals surface area contributed by atoms with Crippen LogP contribution in [-0.4, -0.2) is 42.5 Å². The second kappa shape index (κ2) is 7.29. The fraction of sp³-hybridized carbons (Fsp3) is 0.619. The highest BCUT2D eigenvalue weighted by molar-refractivity contribution is 6.04. The molecule has 140 valence electrons. The SMILES string of the molecule is CN1c2cc(C(=O)NC3CCCCCC3)ccc2C(=O)N2CCCCC21. The van der Waals surface area contributed by atoms with Gasteiger partial charge in [0.2, 0.25) is 0 Å². The zero-order chi connectivity index (χ0) is 18.1. The summed E-state index contributed by atoms with van der Waals surface area (Å²) in [6.45, 7) is 0.831. The van der Waals surface area contributed by atoms with E-state index in [0.29, 0.717) is 5.56 Å². The Kier molecular flexibility index (Phi) is 4.88. The lowest BCUT2D eigenvalue weighted by atomic mass is 9.97. The number of hydrogen-bond donors (Lipinski definition) is 1. The third kappa shape index (κ3) is 3.19. The molecule has 2 aliphatic heterocycles. The number of carbonyl (C=O) groups excluding carboxylic acids is 2. The average Bonchev–Trinajstić information content (AvgIpc) is 2.94. The smallest absolute Gasteiger partial charge is 0.257 e. The number of amides is 2. The highest BCUT2D eigenvalue weighted by Gasteiger charge is 2.37. The average molecular weight is 355 g/mol. The predicted octanol–water partition coefficient (Wildman–Crippen LogP) is 3.54. The van der Waals surface area contributed by atoms with E-state index < -0.39 is 0 Å². The first-order chi connectivity index (χ1) is 12.6. The van der Waals surface area contributed by atoms with Gasteiger partial charge in [-0.3, -0.25) is 9.59 Å². The summed E-state index contributed by atoms with van der Waals surface area (Å²) >= 11 is 0. The maximum Gasteiger partial charge on any atom is 0.257 e. The molecule has 1 saturated heterocycles. The molecule has 5 nitrogen and oxygen atoms in total. The molecule has 5 heteroatoms. The number of anilines is 1. The van der Waals surface area contributed by atoms with Gasteiger partial charge in [0.1, 0.15) is 6.17 Å². The van der Waals surface area contributed by atoms with Crippen molar-refractivity contribution in [3.8, 4) is 0 Å². The fourth-order valence-electron chi connectivity index (χ4n) is 4.71. The summed E-state index contributed by atoms with van der Waals surface area (Å²) in [4.78, 5) is 29.8.